The molecular weight excluding hydrogens is 335 g/mol. The Morgan fingerprint density at radius 3 is 2.96 bits per heavy atom. The number of carbonyl (C=O) groups is 1. The Kier molecular flexibility index (Phi) is 6.79. The summed E-state index contributed by atoms with van der Waals surface area (Å²) in [6.07, 6.45) is 1.02. The molecule has 124 valence electrons. The molecule has 2 aromatic rings. The van der Waals surface area contributed by atoms with Gasteiger partial charge in [-0.1, -0.05) is 42.2 Å². The molecule has 23 heavy (non-hydrogen) atoms. The average Bonchev–Trinajstić information content (AvgIpc) is 3.00. The van der Waals surface area contributed by atoms with Crippen LogP contribution in [-0.2, 0) is 11.3 Å². The van der Waals surface area contributed by atoms with Crippen molar-refractivity contribution >= 4 is 34.1 Å². The van der Waals surface area contributed by atoms with Gasteiger partial charge < -0.3 is 10.6 Å². The van der Waals surface area contributed by atoms with Crippen molar-refractivity contribution in [2.75, 3.05) is 17.6 Å². The number of halogens is 1. The first-order valence-electron chi connectivity index (χ1n) is 7.30. The Labute approximate surface area is 143 Å². The predicted octanol–water partition coefficient (Wildman–Crippen LogP) is 3.22. The molecule has 1 heterocycles. The molecule has 8 heteroatoms. The van der Waals surface area contributed by atoms with Crippen LogP contribution in [0, 0.1) is 12.7 Å². The molecule has 1 aromatic heterocycles. The smallest absolute Gasteiger partial charge is 0.230 e. The van der Waals surface area contributed by atoms with E-state index >= 15 is 0 Å². The third kappa shape index (κ3) is 5.80. The summed E-state index contributed by atoms with van der Waals surface area (Å²) in [4.78, 5) is 11.9. The first kappa shape index (κ1) is 17.7. The molecule has 0 saturated heterocycles. The van der Waals surface area contributed by atoms with Gasteiger partial charge in [0.25, 0.3) is 0 Å². The van der Waals surface area contributed by atoms with Gasteiger partial charge in [0, 0.05) is 13.1 Å². The number of nitrogens with zero attached hydrogens (tertiary/aromatic N) is 2. The molecule has 1 aromatic carbocycles. The van der Waals surface area contributed by atoms with Gasteiger partial charge in [0.1, 0.15) is 5.82 Å². The predicted molar refractivity (Wildman–Crippen MR) is 92.4 cm³/mol. The number of hydrogen-bond donors (Lipinski definition) is 2. The van der Waals surface area contributed by atoms with E-state index in [9.17, 15) is 9.18 Å². The second-order valence-electron chi connectivity index (χ2n) is 4.95. The van der Waals surface area contributed by atoms with Crippen molar-refractivity contribution in [1.82, 2.24) is 15.5 Å². The maximum atomic E-state index is 13.2. The Hall–Kier alpha value is -1.67. The van der Waals surface area contributed by atoms with Crippen molar-refractivity contribution in [3.63, 3.8) is 0 Å². The normalized spacial score (nSPS) is 10.6. The molecule has 0 unspecified atom stereocenters. The minimum atomic E-state index is -0.237. The van der Waals surface area contributed by atoms with Gasteiger partial charge in [0.15, 0.2) is 4.34 Å². The van der Waals surface area contributed by atoms with Crippen LogP contribution in [0.1, 0.15) is 24.5 Å². The van der Waals surface area contributed by atoms with Crippen LogP contribution in [0.5, 0.6) is 0 Å². The van der Waals surface area contributed by atoms with Crippen LogP contribution in [0.2, 0.25) is 0 Å². The topological polar surface area (TPSA) is 66.9 Å². The van der Waals surface area contributed by atoms with Crippen molar-refractivity contribution in [3.05, 3.63) is 35.1 Å². The monoisotopic (exact) mass is 354 g/mol. The van der Waals surface area contributed by atoms with E-state index in [4.69, 9.17) is 0 Å². The molecule has 1 amide bonds. The van der Waals surface area contributed by atoms with E-state index < -0.39 is 0 Å². The van der Waals surface area contributed by atoms with E-state index in [1.165, 1.54) is 29.2 Å². The third-order valence-corrected chi connectivity index (χ3v) is 4.99. The highest BCUT2D eigenvalue weighted by Gasteiger charge is 2.08. The number of carbonyl (C=O) groups excluding carboxylic acids is 1. The molecule has 0 aliphatic heterocycles. The van der Waals surface area contributed by atoms with Gasteiger partial charge in [-0.3, -0.25) is 4.79 Å². The fraction of sp³-hybridized carbons (Fsp3) is 0.400. The van der Waals surface area contributed by atoms with E-state index in [1.807, 2.05) is 0 Å². The Balaban J connectivity index is 1.74. The molecule has 5 nitrogen and oxygen atoms in total. The van der Waals surface area contributed by atoms with Crippen LogP contribution < -0.4 is 10.6 Å². The van der Waals surface area contributed by atoms with Crippen LogP contribution in [0.3, 0.4) is 0 Å². The fourth-order valence-electron chi connectivity index (χ4n) is 1.77. The fourth-order valence-corrected chi connectivity index (χ4v) is 3.37. The maximum absolute atomic E-state index is 13.2. The van der Waals surface area contributed by atoms with E-state index in [0.717, 1.165) is 28.0 Å². The van der Waals surface area contributed by atoms with Crippen molar-refractivity contribution < 1.29 is 9.18 Å². The molecule has 0 fully saturated rings. The number of anilines is 1. The average molecular weight is 354 g/mol. The van der Waals surface area contributed by atoms with Crippen molar-refractivity contribution in [2.45, 2.75) is 31.2 Å². The zero-order valence-electron chi connectivity index (χ0n) is 13.1. The molecule has 0 aliphatic carbocycles. The quantitative estimate of drug-likeness (QED) is 0.713. The summed E-state index contributed by atoms with van der Waals surface area (Å²) in [6, 6.07) is 4.82. The van der Waals surface area contributed by atoms with E-state index in [-0.39, 0.29) is 17.5 Å². The zero-order valence-corrected chi connectivity index (χ0v) is 14.7. The Bertz CT molecular complexity index is 663. The van der Waals surface area contributed by atoms with E-state index in [2.05, 4.69) is 27.8 Å². The minimum absolute atomic E-state index is 0.0877. The zero-order chi connectivity index (χ0) is 16.7. The van der Waals surface area contributed by atoms with Crippen LogP contribution in [0.25, 0.3) is 0 Å². The van der Waals surface area contributed by atoms with Gasteiger partial charge in [-0.05, 0) is 30.5 Å². The van der Waals surface area contributed by atoms with Gasteiger partial charge in [0.2, 0.25) is 11.0 Å². The molecule has 0 bridgehead atoms. The lowest BCUT2D eigenvalue weighted by Gasteiger charge is -2.06. The molecule has 0 saturated carbocycles. The van der Waals surface area contributed by atoms with Crippen LogP contribution in [0.15, 0.2) is 22.5 Å². The molecule has 2 rings (SSSR count). The lowest BCUT2D eigenvalue weighted by atomic mass is 10.1. The van der Waals surface area contributed by atoms with Gasteiger partial charge in [-0.25, -0.2) is 4.39 Å². The number of nitrogens with one attached hydrogen (secondary N) is 2. The first-order valence-corrected chi connectivity index (χ1v) is 9.10. The van der Waals surface area contributed by atoms with Crippen molar-refractivity contribution in [1.29, 1.82) is 0 Å². The maximum Gasteiger partial charge on any atom is 0.230 e. The molecule has 0 aliphatic rings. The second kappa shape index (κ2) is 8.83. The molecule has 0 radical (unpaired) electrons. The molecular formula is C15H19FN4OS2. The summed E-state index contributed by atoms with van der Waals surface area (Å²) in [5.74, 6) is -0.0441. The van der Waals surface area contributed by atoms with Gasteiger partial charge in [-0.15, -0.1) is 10.2 Å². The lowest BCUT2D eigenvalue weighted by molar-refractivity contribution is -0.118. The van der Waals surface area contributed by atoms with Gasteiger partial charge >= 0.3 is 0 Å². The first-order chi connectivity index (χ1) is 11.1. The molecule has 0 spiro atoms. The summed E-state index contributed by atoms with van der Waals surface area (Å²) in [5.41, 5.74) is 1.45. The standard InChI is InChI=1S/C15H19FN4OS2/c1-3-6-17-14-19-20-15(23-14)22-9-13(21)18-8-11-4-5-12(16)10(2)7-11/h4-5,7H,3,6,8-9H2,1-2H3,(H,17,19)(H,18,21). The highest BCUT2D eigenvalue weighted by Crippen LogP contribution is 2.25. The Morgan fingerprint density at radius 1 is 1.39 bits per heavy atom. The summed E-state index contributed by atoms with van der Waals surface area (Å²) in [7, 11) is 0. The Morgan fingerprint density at radius 2 is 2.22 bits per heavy atom. The number of hydrogen-bond acceptors (Lipinski definition) is 6. The number of amides is 1. The number of aromatic nitrogens is 2. The third-order valence-electron chi connectivity index (χ3n) is 2.97. The highest BCUT2D eigenvalue weighted by atomic mass is 32.2. The molecule has 2 N–H and O–H groups in total. The van der Waals surface area contributed by atoms with Gasteiger partial charge in [-0.2, -0.15) is 0 Å². The minimum Gasteiger partial charge on any atom is -0.360 e. The summed E-state index contributed by atoms with van der Waals surface area (Å²) in [5, 5.41) is 14.8. The van der Waals surface area contributed by atoms with E-state index in [1.54, 1.807) is 19.1 Å². The highest BCUT2D eigenvalue weighted by molar-refractivity contribution is 8.01. The van der Waals surface area contributed by atoms with Crippen molar-refractivity contribution in [3.8, 4) is 0 Å². The number of thioether (sulfide) groups is 1. The van der Waals surface area contributed by atoms with Crippen LogP contribution in [-0.4, -0.2) is 28.4 Å². The largest absolute Gasteiger partial charge is 0.360 e. The number of rotatable bonds is 8. The SMILES string of the molecule is CCCNc1nnc(SCC(=O)NCc2ccc(F)c(C)c2)s1. The van der Waals surface area contributed by atoms with E-state index in [0.29, 0.717) is 12.1 Å². The van der Waals surface area contributed by atoms with Crippen molar-refractivity contribution in [2.24, 2.45) is 0 Å². The van der Waals surface area contributed by atoms with Crippen LogP contribution >= 0.6 is 23.1 Å². The van der Waals surface area contributed by atoms with Crippen LogP contribution in [0.4, 0.5) is 9.52 Å². The molecule has 0 atom stereocenters. The summed E-state index contributed by atoms with van der Waals surface area (Å²) in [6.45, 7) is 5.03. The number of benzene rings is 1. The lowest BCUT2D eigenvalue weighted by Crippen LogP contribution is -2.24. The summed E-state index contributed by atoms with van der Waals surface area (Å²) >= 11 is 2.80. The summed E-state index contributed by atoms with van der Waals surface area (Å²) < 4.78 is 13.9. The number of aryl methyl sites for hydroxylation is 1. The van der Waals surface area contributed by atoms with Gasteiger partial charge in [0.05, 0.1) is 5.75 Å². The second-order valence-corrected chi connectivity index (χ2v) is 7.15.